The van der Waals surface area contributed by atoms with Crippen LogP contribution in [0.5, 0.6) is 5.75 Å². The minimum atomic E-state index is -1.79. The standard InChI is InChI=1S/C53H61FN8O13/c1-5-53(75-32-63)40-26-43-49-38(29-61(43)51(69)39(40)31-74-52(53)70)37(36-25-44(71-4)41(54)27-42(36)58-49)28-59-17-19-62(3,20-18-59)30-34-8-10-35(11-9-34)57-50(68)33(2)56-46(65)14-21-72-23-24-73-22-15-55-45(64)7-6-16-60-47(66)12-13-48(60)67/h8-13,25-27,32-33H,5-7,14-24,28-31H2,1-4H3,(H2-,55,56,57,64,65,68)/p+1/t33-,53-/m0/s1. The molecule has 8 rings (SSSR count). The van der Waals surface area contributed by atoms with Crippen LogP contribution in [0.15, 0.2) is 59.4 Å². The molecule has 0 bridgehead atoms. The van der Waals surface area contributed by atoms with Gasteiger partial charge in [0.15, 0.2) is 11.6 Å². The summed E-state index contributed by atoms with van der Waals surface area (Å²) in [5, 5.41) is 8.97. The van der Waals surface area contributed by atoms with Gasteiger partial charge in [0.05, 0.1) is 82.7 Å². The molecule has 4 aliphatic heterocycles. The van der Waals surface area contributed by atoms with Crippen LogP contribution in [0.1, 0.15) is 67.3 Å². The number of cyclic esters (lactones) is 1. The average molecular weight is 1040 g/mol. The Kier molecular flexibility index (Phi) is 16.8. The van der Waals surface area contributed by atoms with Crippen LogP contribution in [-0.2, 0) is 84.4 Å². The Morgan fingerprint density at radius 1 is 0.947 bits per heavy atom. The molecule has 4 aliphatic rings. The molecular weight excluding hydrogens is 976 g/mol. The molecule has 75 heavy (non-hydrogen) atoms. The second kappa shape index (κ2) is 23.4. The van der Waals surface area contributed by atoms with Gasteiger partial charge in [-0.05, 0) is 49.6 Å². The normalized spacial score (nSPS) is 18.0. The van der Waals surface area contributed by atoms with Crippen LogP contribution in [0.25, 0.3) is 22.3 Å². The second-order valence-corrected chi connectivity index (χ2v) is 19.3. The van der Waals surface area contributed by atoms with Crippen molar-refractivity contribution in [1.29, 1.82) is 0 Å². The maximum atomic E-state index is 15.3. The molecule has 0 saturated carbocycles. The molecule has 0 aliphatic carbocycles. The van der Waals surface area contributed by atoms with Crippen molar-refractivity contribution in [2.45, 2.75) is 77.4 Å². The number of rotatable bonds is 24. The number of nitrogens with zero attached hydrogens (tertiary/aromatic N) is 5. The van der Waals surface area contributed by atoms with E-state index in [9.17, 15) is 38.4 Å². The zero-order valence-corrected chi connectivity index (χ0v) is 42.5. The molecule has 398 valence electrons. The highest BCUT2D eigenvalue weighted by molar-refractivity contribution is 6.12. The number of quaternary nitrogens is 1. The van der Waals surface area contributed by atoms with E-state index in [1.165, 1.54) is 25.3 Å². The number of fused-ring (bicyclic) bond motifs is 5. The number of ether oxygens (including phenoxy) is 5. The minimum Gasteiger partial charge on any atom is -0.494 e. The molecule has 0 spiro atoms. The topological polar surface area (TPSA) is 243 Å². The second-order valence-electron chi connectivity index (χ2n) is 19.3. The van der Waals surface area contributed by atoms with Gasteiger partial charge in [-0.15, -0.1) is 0 Å². The van der Waals surface area contributed by atoms with Gasteiger partial charge in [-0.2, -0.15) is 0 Å². The van der Waals surface area contributed by atoms with Crippen LogP contribution >= 0.6 is 0 Å². The maximum absolute atomic E-state index is 15.3. The van der Waals surface area contributed by atoms with Crippen LogP contribution < -0.4 is 26.2 Å². The Morgan fingerprint density at radius 2 is 1.67 bits per heavy atom. The number of halogens is 1. The number of hydrogen-bond donors (Lipinski definition) is 3. The first-order valence-electron chi connectivity index (χ1n) is 25.0. The highest BCUT2D eigenvalue weighted by Gasteiger charge is 2.49. The lowest BCUT2D eigenvalue weighted by Crippen LogP contribution is -2.56. The summed E-state index contributed by atoms with van der Waals surface area (Å²) in [5.74, 6) is -2.97. The van der Waals surface area contributed by atoms with Crippen LogP contribution in [0, 0.1) is 5.82 Å². The number of carbonyl (C=O) groups excluding carboxylic acids is 7. The van der Waals surface area contributed by atoms with E-state index in [1.54, 1.807) is 30.5 Å². The first-order valence-corrected chi connectivity index (χ1v) is 25.0. The molecule has 1 saturated heterocycles. The smallest absolute Gasteiger partial charge is 0.355 e. The molecule has 5 amide bonds. The Morgan fingerprint density at radius 3 is 2.36 bits per heavy atom. The average Bonchev–Trinajstić information content (AvgIpc) is 3.92. The number of imide groups is 1. The summed E-state index contributed by atoms with van der Waals surface area (Å²) in [6.45, 7) is 9.01. The fourth-order valence-electron chi connectivity index (χ4n) is 9.95. The van der Waals surface area contributed by atoms with Crippen molar-refractivity contribution < 1.29 is 66.1 Å². The number of methoxy groups -OCH3 is 1. The van der Waals surface area contributed by atoms with Gasteiger partial charge in [-0.25, -0.2) is 14.2 Å². The van der Waals surface area contributed by atoms with E-state index in [4.69, 9.17) is 28.7 Å². The number of benzene rings is 2. The number of nitrogens with one attached hydrogen (secondary N) is 3. The fourth-order valence-corrected chi connectivity index (χ4v) is 9.95. The van der Waals surface area contributed by atoms with E-state index < -0.39 is 23.4 Å². The van der Waals surface area contributed by atoms with Crippen LogP contribution in [-0.4, -0.2) is 152 Å². The number of esters is 1. The summed E-state index contributed by atoms with van der Waals surface area (Å²) in [7, 11) is 3.61. The summed E-state index contributed by atoms with van der Waals surface area (Å²) in [6.07, 6.45) is 3.03. The monoisotopic (exact) mass is 1040 g/mol. The van der Waals surface area contributed by atoms with Gasteiger partial charge < -0.3 is 48.7 Å². The van der Waals surface area contributed by atoms with Crippen molar-refractivity contribution in [3.05, 3.63) is 98.6 Å². The predicted molar refractivity (Wildman–Crippen MR) is 268 cm³/mol. The fraction of sp³-hybridized carbons (Fsp3) is 0.453. The molecule has 2 aromatic carbocycles. The lowest BCUT2D eigenvalue weighted by molar-refractivity contribution is -0.926. The Bertz CT molecular complexity index is 2950. The summed E-state index contributed by atoms with van der Waals surface area (Å²) in [5.41, 5.74) is 2.93. The van der Waals surface area contributed by atoms with Gasteiger partial charge in [-0.3, -0.25) is 43.4 Å². The summed E-state index contributed by atoms with van der Waals surface area (Å²) >= 11 is 0. The van der Waals surface area contributed by atoms with Crippen LogP contribution in [0.2, 0.25) is 0 Å². The number of likely N-dealkylation sites (N-methyl/N-ethyl adjacent to an activating group) is 1. The molecule has 2 atom stereocenters. The molecule has 21 nitrogen and oxygen atoms in total. The first-order chi connectivity index (χ1) is 36.1. The van der Waals surface area contributed by atoms with Crippen molar-refractivity contribution >= 4 is 58.6 Å². The first kappa shape index (κ1) is 53.9. The van der Waals surface area contributed by atoms with Crippen molar-refractivity contribution in [1.82, 2.24) is 30.0 Å². The number of amides is 5. The maximum Gasteiger partial charge on any atom is 0.355 e. The number of carbonyl (C=O) groups is 7. The van der Waals surface area contributed by atoms with E-state index >= 15 is 4.39 Å². The minimum absolute atomic E-state index is 0.0418. The zero-order chi connectivity index (χ0) is 53.4. The van der Waals surface area contributed by atoms with E-state index in [0.717, 1.165) is 58.8 Å². The molecule has 1 fully saturated rings. The molecule has 0 radical (unpaired) electrons. The van der Waals surface area contributed by atoms with Gasteiger partial charge in [0, 0.05) is 91.5 Å². The van der Waals surface area contributed by atoms with Crippen LogP contribution in [0.3, 0.4) is 0 Å². The summed E-state index contributed by atoms with van der Waals surface area (Å²) in [6, 6.07) is 11.5. The summed E-state index contributed by atoms with van der Waals surface area (Å²) in [4.78, 5) is 108. The van der Waals surface area contributed by atoms with E-state index in [-0.39, 0.29) is 130 Å². The number of aromatic nitrogens is 2. The molecular formula is C53H62FN8O13+. The van der Waals surface area contributed by atoms with Gasteiger partial charge in [-0.1, -0.05) is 19.1 Å². The van der Waals surface area contributed by atoms with Crippen molar-refractivity contribution in [3.8, 4) is 17.1 Å². The van der Waals surface area contributed by atoms with Crippen LogP contribution in [0.4, 0.5) is 10.1 Å². The van der Waals surface area contributed by atoms with Gasteiger partial charge in [0.2, 0.25) is 23.3 Å². The zero-order valence-electron chi connectivity index (χ0n) is 42.5. The Balaban J connectivity index is 0.785. The SMILES string of the molecule is CC[C@@]1(OC=O)C(=O)OCc2c1cc1n(c2=O)Cc2c-1nc1cc(F)c(OC)cc1c2CN1CC[N+](C)(Cc2ccc(NC(=O)[C@H](C)NC(=O)CCOCCOCCNC(=O)CCCN3C(=O)C=CC3=O)cc2)CC1. The molecule has 22 heteroatoms. The lowest BCUT2D eigenvalue weighted by atomic mass is 9.85. The van der Waals surface area contributed by atoms with Gasteiger partial charge in [0.1, 0.15) is 19.2 Å². The van der Waals surface area contributed by atoms with E-state index in [1.807, 2.05) is 24.3 Å². The number of anilines is 1. The Hall–Kier alpha value is -7.40. The number of hydrogen-bond acceptors (Lipinski definition) is 15. The summed E-state index contributed by atoms with van der Waals surface area (Å²) < 4.78 is 44.7. The molecule has 2 aromatic heterocycles. The third kappa shape index (κ3) is 11.9. The molecule has 6 heterocycles. The lowest BCUT2D eigenvalue weighted by Gasteiger charge is -2.42. The number of pyridine rings is 2. The molecule has 0 unspecified atom stereocenters. The quantitative estimate of drug-likeness (QED) is 0.0265. The van der Waals surface area contributed by atoms with E-state index in [2.05, 4.69) is 27.9 Å². The molecule has 3 N–H and O–H groups in total. The molecule has 4 aromatic rings. The number of piperazine rings is 1. The van der Waals surface area contributed by atoms with E-state index in [0.29, 0.717) is 40.9 Å². The highest BCUT2D eigenvalue weighted by Crippen LogP contribution is 2.43. The highest BCUT2D eigenvalue weighted by atomic mass is 19.1. The predicted octanol–water partition coefficient (Wildman–Crippen LogP) is 2.56. The third-order valence-electron chi connectivity index (χ3n) is 14.2. The van der Waals surface area contributed by atoms with Crippen molar-refractivity contribution in [2.24, 2.45) is 0 Å². The van der Waals surface area contributed by atoms with Crippen molar-refractivity contribution in [3.63, 3.8) is 0 Å². The van der Waals surface area contributed by atoms with Gasteiger partial charge in [0.25, 0.3) is 23.8 Å². The van der Waals surface area contributed by atoms with Gasteiger partial charge >= 0.3 is 5.97 Å². The van der Waals surface area contributed by atoms with Crippen molar-refractivity contribution in [2.75, 3.05) is 85.2 Å². The third-order valence-corrected chi connectivity index (χ3v) is 14.2. The largest absolute Gasteiger partial charge is 0.494 e. The Labute approximate surface area is 431 Å².